The zero-order valence-corrected chi connectivity index (χ0v) is 13.8. The first-order valence-corrected chi connectivity index (χ1v) is 7.84. The number of nitrogens with one attached hydrogen (secondary N) is 2. The molecular formula is C17H12Cl2N3O2+. The first-order chi connectivity index (χ1) is 11.5. The largest absolute Gasteiger partial charge is 0.296 e. The van der Waals surface area contributed by atoms with Crippen molar-refractivity contribution in [3.63, 3.8) is 0 Å². The smallest absolute Gasteiger partial charge is 0.286 e. The van der Waals surface area contributed by atoms with Crippen LogP contribution in [0, 0.1) is 5.41 Å². The molecule has 1 aliphatic heterocycles. The number of hydrogen-bond acceptors (Lipinski definition) is 3. The lowest BCUT2D eigenvalue weighted by Crippen LogP contribution is -2.57. The Morgan fingerprint density at radius 1 is 1.12 bits per heavy atom. The van der Waals surface area contributed by atoms with Crippen molar-refractivity contribution in [2.45, 2.75) is 12.0 Å². The molecule has 2 unspecified atom stereocenters. The Morgan fingerprint density at radius 2 is 1.83 bits per heavy atom. The van der Waals surface area contributed by atoms with Gasteiger partial charge in [0.25, 0.3) is 11.8 Å². The number of rotatable bonds is 2. The van der Waals surface area contributed by atoms with Gasteiger partial charge in [0.15, 0.2) is 12.4 Å². The third-order valence-electron chi connectivity index (χ3n) is 3.87. The van der Waals surface area contributed by atoms with Gasteiger partial charge in [-0.05, 0) is 23.6 Å². The van der Waals surface area contributed by atoms with Crippen LogP contribution in [0.3, 0.4) is 0 Å². The van der Waals surface area contributed by atoms with E-state index in [-0.39, 0.29) is 5.57 Å². The zero-order chi connectivity index (χ0) is 17.3. The van der Waals surface area contributed by atoms with Gasteiger partial charge in [0.2, 0.25) is 6.04 Å². The van der Waals surface area contributed by atoms with Crippen molar-refractivity contribution in [3.05, 3.63) is 70.0 Å². The molecule has 1 aliphatic rings. The molecule has 1 aromatic heterocycles. The molecule has 2 N–H and O–H groups in total. The van der Waals surface area contributed by atoms with E-state index in [0.717, 1.165) is 0 Å². The lowest BCUT2D eigenvalue weighted by molar-refractivity contribution is -0.711. The summed E-state index contributed by atoms with van der Waals surface area (Å²) in [6, 6.07) is 9.44. The first-order valence-electron chi connectivity index (χ1n) is 7.08. The highest BCUT2D eigenvalue weighted by Crippen LogP contribution is 2.39. The number of benzene rings is 1. The van der Waals surface area contributed by atoms with Crippen LogP contribution in [-0.4, -0.2) is 17.7 Å². The highest BCUT2D eigenvalue weighted by molar-refractivity contribution is 6.35. The zero-order valence-electron chi connectivity index (χ0n) is 12.3. The Labute approximate surface area is 148 Å². The highest BCUT2D eigenvalue weighted by Gasteiger charge is 2.47. The molecule has 1 saturated heterocycles. The van der Waals surface area contributed by atoms with Crippen LogP contribution in [0.25, 0.3) is 0 Å². The number of aromatic nitrogens is 1. The fourth-order valence-corrected chi connectivity index (χ4v) is 3.35. The normalized spacial score (nSPS) is 20.5. The molecule has 2 heterocycles. The third-order valence-corrected chi connectivity index (χ3v) is 4.43. The second kappa shape index (κ2) is 6.57. The van der Waals surface area contributed by atoms with E-state index in [1.807, 2.05) is 6.07 Å². The summed E-state index contributed by atoms with van der Waals surface area (Å²) >= 11 is 12.2. The van der Waals surface area contributed by atoms with E-state index in [4.69, 9.17) is 28.6 Å². The van der Waals surface area contributed by atoms with Gasteiger partial charge in [-0.15, -0.1) is 0 Å². The van der Waals surface area contributed by atoms with Crippen molar-refractivity contribution in [1.82, 2.24) is 5.32 Å². The molecule has 2 atom stereocenters. The molecule has 3 rings (SSSR count). The summed E-state index contributed by atoms with van der Waals surface area (Å²) in [5, 5.41) is 10.5. The number of piperidine rings is 1. The summed E-state index contributed by atoms with van der Waals surface area (Å²) < 4.78 is 1.68. The Kier molecular flexibility index (Phi) is 4.49. The van der Waals surface area contributed by atoms with Gasteiger partial charge >= 0.3 is 0 Å². The van der Waals surface area contributed by atoms with Crippen molar-refractivity contribution >= 4 is 40.9 Å². The van der Waals surface area contributed by atoms with Gasteiger partial charge in [0.1, 0.15) is 0 Å². The highest BCUT2D eigenvalue weighted by atomic mass is 35.5. The lowest BCUT2D eigenvalue weighted by Gasteiger charge is -2.28. The molecular weight excluding hydrogens is 349 g/mol. The van der Waals surface area contributed by atoms with Gasteiger partial charge in [0.05, 0.1) is 11.5 Å². The second-order valence-corrected chi connectivity index (χ2v) is 6.11. The van der Waals surface area contributed by atoms with Crippen LogP contribution in [0.15, 0.2) is 54.4 Å². The van der Waals surface area contributed by atoms with Gasteiger partial charge < -0.3 is 0 Å². The second-order valence-electron chi connectivity index (χ2n) is 5.27. The summed E-state index contributed by atoms with van der Waals surface area (Å²) in [4.78, 5) is 24.6. The predicted octanol–water partition coefficient (Wildman–Crippen LogP) is 2.44. The summed E-state index contributed by atoms with van der Waals surface area (Å²) in [6.07, 6.45) is 3.44. The Hall–Kier alpha value is -2.46. The van der Waals surface area contributed by atoms with Crippen molar-refractivity contribution in [2.75, 3.05) is 0 Å². The van der Waals surface area contributed by atoms with Gasteiger partial charge in [-0.2, -0.15) is 4.57 Å². The Morgan fingerprint density at radius 3 is 2.46 bits per heavy atom. The van der Waals surface area contributed by atoms with E-state index in [0.29, 0.717) is 15.6 Å². The van der Waals surface area contributed by atoms with E-state index in [1.165, 1.54) is 0 Å². The van der Waals surface area contributed by atoms with Gasteiger partial charge in [0, 0.05) is 22.2 Å². The summed E-state index contributed by atoms with van der Waals surface area (Å²) in [7, 11) is 0. The number of carbonyl (C=O) groups is 2. The molecule has 2 aromatic rings. The van der Waals surface area contributed by atoms with Crippen LogP contribution in [0.4, 0.5) is 0 Å². The molecule has 0 aliphatic carbocycles. The lowest BCUT2D eigenvalue weighted by atomic mass is 9.81. The fourth-order valence-electron chi connectivity index (χ4n) is 2.82. The van der Waals surface area contributed by atoms with Crippen LogP contribution in [0.5, 0.6) is 0 Å². The van der Waals surface area contributed by atoms with Crippen molar-refractivity contribution in [1.29, 1.82) is 5.41 Å². The molecule has 0 saturated carbocycles. The van der Waals surface area contributed by atoms with E-state index >= 15 is 0 Å². The molecule has 0 bridgehead atoms. The minimum atomic E-state index is -0.768. The maximum atomic E-state index is 12.5. The van der Waals surface area contributed by atoms with Crippen molar-refractivity contribution in [3.8, 4) is 0 Å². The molecule has 1 aromatic carbocycles. The number of pyridine rings is 1. The average molecular weight is 361 g/mol. The van der Waals surface area contributed by atoms with Crippen LogP contribution in [0.2, 0.25) is 10.0 Å². The minimum absolute atomic E-state index is 0.0418. The molecule has 24 heavy (non-hydrogen) atoms. The Bertz CT molecular complexity index is 877. The standard InChI is InChI=1S/C17H11Cl2N3O2/c18-10-4-5-11(13(19)8-10)14-12(9-20)16(23)21-17(24)15(14)22-6-2-1-3-7-22/h1-8,14-15,20H/p+1. The molecule has 7 heteroatoms. The molecule has 1 fully saturated rings. The van der Waals surface area contributed by atoms with E-state index in [2.05, 4.69) is 11.2 Å². The molecule has 2 amide bonds. The SMILES string of the molecule is N=C=C1C(=O)NC(=O)C([n+]2ccccc2)C1c1ccc(Cl)cc1Cl. The Balaban J connectivity index is 2.22. The van der Waals surface area contributed by atoms with Crippen LogP contribution in [-0.2, 0) is 9.59 Å². The number of halogens is 2. The summed E-state index contributed by atoms with van der Waals surface area (Å²) in [6.45, 7) is 0. The number of carbonyl (C=O) groups excluding carboxylic acids is 2. The predicted molar refractivity (Wildman–Crippen MR) is 89.3 cm³/mol. The monoisotopic (exact) mass is 360 g/mol. The van der Waals surface area contributed by atoms with Crippen LogP contribution < -0.4 is 9.88 Å². The van der Waals surface area contributed by atoms with Crippen LogP contribution in [0.1, 0.15) is 17.5 Å². The summed E-state index contributed by atoms with van der Waals surface area (Å²) in [5.74, 6) is 0.320. The molecule has 0 spiro atoms. The van der Waals surface area contributed by atoms with E-state index < -0.39 is 23.8 Å². The molecule has 120 valence electrons. The summed E-state index contributed by atoms with van der Waals surface area (Å²) in [5.41, 5.74) is 0.584. The van der Waals surface area contributed by atoms with Gasteiger partial charge in [-0.25, -0.2) is 0 Å². The first kappa shape index (κ1) is 16.4. The van der Waals surface area contributed by atoms with Gasteiger partial charge in [-0.1, -0.05) is 35.3 Å². The number of imide groups is 1. The topological polar surface area (TPSA) is 73.9 Å². The van der Waals surface area contributed by atoms with Gasteiger partial charge in [-0.3, -0.25) is 20.3 Å². The quantitative estimate of drug-likeness (QED) is 0.373. The minimum Gasteiger partial charge on any atom is -0.286 e. The molecule has 5 nitrogen and oxygen atoms in total. The maximum Gasteiger partial charge on any atom is 0.296 e. The maximum absolute atomic E-state index is 12.5. The fraction of sp³-hybridized carbons (Fsp3) is 0.118. The molecule has 0 radical (unpaired) electrons. The number of amides is 2. The van der Waals surface area contributed by atoms with Crippen molar-refractivity contribution < 1.29 is 14.2 Å². The average Bonchev–Trinajstić information content (AvgIpc) is 2.55. The number of nitrogens with zero attached hydrogens (tertiary/aromatic N) is 1. The van der Waals surface area contributed by atoms with E-state index in [1.54, 1.807) is 47.3 Å². The van der Waals surface area contributed by atoms with Crippen LogP contribution >= 0.6 is 23.2 Å². The van der Waals surface area contributed by atoms with E-state index in [9.17, 15) is 9.59 Å². The van der Waals surface area contributed by atoms with Crippen molar-refractivity contribution in [2.24, 2.45) is 0 Å². The number of hydrogen-bond donors (Lipinski definition) is 2. The third kappa shape index (κ3) is 2.85.